The van der Waals surface area contributed by atoms with Gasteiger partial charge in [-0.2, -0.15) is 0 Å². The summed E-state index contributed by atoms with van der Waals surface area (Å²) >= 11 is 6.13. The molecule has 18 heavy (non-hydrogen) atoms. The van der Waals surface area contributed by atoms with Crippen molar-refractivity contribution in [3.05, 3.63) is 35.9 Å². The molecule has 0 unspecified atom stereocenters. The minimum Gasteiger partial charge on any atom is -0.377 e. The van der Waals surface area contributed by atoms with Crippen LogP contribution in [0.3, 0.4) is 0 Å². The minimum absolute atomic E-state index is 0.428. The number of halogens is 1. The molecule has 0 atom stereocenters. The smallest absolute Gasteiger partial charge is 0.0716 e. The molecule has 0 bridgehead atoms. The van der Waals surface area contributed by atoms with Crippen molar-refractivity contribution in [3.8, 4) is 0 Å². The van der Waals surface area contributed by atoms with Gasteiger partial charge in [-0.15, -0.1) is 11.6 Å². The Bertz CT molecular complexity index is 330. The van der Waals surface area contributed by atoms with E-state index in [2.05, 4.69) is 24.3 Å². The van der Waals surface area contributed by atoms with E-state index < -0.39 is 0 Å². The summed E-state index contributed by atoms with van der Waals surface area (Å²) in [5, 5.41) is 0. The molecule has 0 heterocycles. The largest absolute Gasteiger partial charge is 0.377 e. The van der Waals surface area contributed by atoms with Gasteiger partial charge in [-0.25, -0.2) is 0 Å². The molecule has 0 saturated heterocycles. The fourth-order valence-electron chi connectivity index (χ4n) is 2.89. The molecule has 0 N–H and O–H groups in total. The Labute approximate surface area is 115 Å². The van der Waals surface area contributed by atoms with Gasteiger partial charge in [0.1, 0.15) is 0 Å². The molecule has 0 spiro atoms. The molecular formula is C16H23ClO. The second kappa shape index (κ2) is 7.16. The van der Waals surface area contributed by atoms with Gasteiger partial charge >= 0.3 is 0 Å². The highest BCUT2D eigenvalue weighted by atomic mass is 35.5. The van der Waals surface area contributed by atoms with Gasteiger partial charge in [0.25, 0.3) is 0 Å². The van der Waals surface area contributed by atoms with Crippen LogP contribution >= 0.6 is 11.6 Å². The second-order valence-electron chi connectivity index (χ2n) is 5.48. The fraction of sp³-hybridized carbons (Fsp3) is 0.625. The number of hydrogen-bond acceptors (Lipinski definition) is 1. The Hall–Kier alpha value is -0.530. The summed E-state index contributed by atoms with van der Waals surface area (Å²) < 4.78 is 5.73. The van der Waals surface area contributed by atoms with E-state index in [1.54, 1.807) is 0 Å². The van der Waals surface area contributed by atoms with Crippen molar-refractivity contribution in [2.24, 2.45) is 5.41 Å². The first-order chi connectivity index (χ1) is 8.85. The molecule has 1 fully saturated rings. The van der Waals surface area contributed by atoms with Gasteiger partial charge in [-0.05, 0) is 36.7 Å². The van der Waals surface area contributed by atoms with Gasteiger partial charge in [0.15, 0.2) is 0 Å². The average molecular weight is 267 g/mol. The topological polar surface area (TPSA) is 9.23 Å². The van der Waals surface area contributed by atoms with Gasteiger partial charge in [-0.3, -0.25) is 0 Å². The van der Waals surface area contributed by atoms with Crippen LogP contribution in [0.2, 0.25) is 0 Å². The maximum absolute atomic E-state index is 6.13. The molecule has 100 valence electrons. The SMILES string of the molecule is ClCC1(CCCOCc2ccccc2)CCCC1. The third-order valence-corrected chi connectivity index (χ3v) is 4.62. The highest BCUT2D eigenvalue weighted by molar-refractivity contribution is 6.18. The van der Waals surface area contributed by atoms with Crippen LogP contribution in [0.5, 0.6) is 0 Å². The van der Waals surface area contributed by atoms with E-state index in [-0.39, 0.29) is 0 Å². The molecular weight excluding hydrogens is 244 g/mol. The van der Waals surface area contributed by atoms with Crippen LogP contribution in [0.15, 0.2) is 30.3 Å². The molecule has 1 saturated carbocycles. The van der Waals surface area contributed by atoms with Crippen molar-refractivity contribution < 1.29 is 4.74 Å². The zero-order chi connectivity index (χ0) is 12.7. The zero-order valence-electron chi connectivity index (χ0n) is 11.0. The van der Waals surface area contributed by atoms with Gasteiger partial charge in [-0.1, -0.05) is 43.2 Å². The van der Waals surface area contributed by atoms with Gasteiger partial charge in [0.2, 0.25) is 0 Å². The van der Waals surface area contributed by atoms with E-state index in [9.17, 15) is 0 Å². The Balaban J connectivity index is 1.61. The van der Waals surface area contributed by atoms with E-state index in [0.29, 0.717) is 5.41 Å². The lowest BCUT2D eigenvalue weighted by Gasteiger charge is -2.25. The third-order valence-electron chi connectivity index (χ3n) is 4.06. The van der Waals surface area contributed by atoms with Crippen LogP contribution in [0.1, 0.15) is 44.1 Å². The number of hydrogen-bond donors (Lipinski definition) is 0. The number of benzene rings is 1. The van der Waals surface area contributed by atoms with Crippen molar-refractivity contribution in [2.75, 3.05) is 12.5 Å². The van der Waals surface area contributed by atoms with Crippen LogP contribution in [-0.2, 0) is 11.3 Å². The Morgan fingerprint density at radius 1 is 1.11 bits per heavy atom. The molecule has 0 radical (unpaired) electrons. The molecule has 1 nitrogen and oxygen atoms in total. The van der Waals surface area contributed by atoms with E-state index in [1.165, 1.54) is 37.7 Å². The number of rotatable bonds is 7. The summed E-state index contributed by atoms with van der Waals surface area (Å²) in [5.41, 5.74) is 1.68. The lowest BCUT2D eigenvalue weighted by molar-refractivity contribution is 0.107. The quantitative estimate of drug-likeness (QED) is 0.510. The predicted molar refractivity (Wildman–Crippen MR) is 77.0 cm³/mol. The summed E-state index contributed by atoms with van der Waals surface area (Å²) in [4.78, 5) is 0. The number of alkyl halides is 1. The first-order valence-electron chi connectivity index (χ1n) is 7.02. The summed E-state index contributed by atoms with van der Waals surface area (Å²) in [6, 6.07) is 10.4. The summed E-state index contributed by atoms with van der Waals surface area (Å²) in [7, 11) is 0. The Morgan fingerprint density at radius 2 is 1.83 bits per heavy atom. The van der Waals surface area contributed by atoms with Gasteiger partial charge < -0.3 is 4.74 Å². The van der Waals surface area contributed by atoms with Gasteiger partial charge in [0.05, 0.1) is 6.61 Å². The third kappa shape index (κ3) is 4.00. The van der Waals surface area contributed by atoms with E-state index >= 15 is 0 Å². The summed E-state index contributed by atoms with van der Waals surface area (Å²) in [5.74, 6) is 0.825. The molecule has 0 aromatic heterocycles. The van der Waals surface area contributed by atoms with Gasteiger partial charge in [0, 0.05) is 12.5 Å². The van der Waals surface area contributed by atoms with Crippen LogP contribution in [0.25, 0.3) is 0 Å². The fourth-order valence-corrected chi connectivity index (χ4v) is 3.29. The molecule has 0 amide bonds. The van der Waals surface area contributed by atoms with Crippen LogP contribution in [0, 0.1) is 5.41 Å². The van der Waals surface area contributed by atoms with Crippen LogP contribution in [0.4, 0.5) is 0 Å². The maximum atomic E-state index is 6.13. The molecule has 1 aromatic carbocycles. The molecule has 1 aliphatic carbocycles. The average Bonchev–Trinajstić information content (AvgIpc) is 2.89. The summed E-state index contributed by atoms with van der Waals surface area (Å²) in [6.07, 6.45) is 7.71. The van der Waals surface area contributed by atoms with E-state index in [0.717, 1.165) is 25.5 Å². The van der Waals surface area contributed by atoms with Crippen molar-refractivity contribution in [1.29, 1.82) is 0 Å². The lowest BCUT2D eigenvalue weighted by Crippen LogP contribution is -2.19. The van der Waals surface area contributed by atoms with Crippen molar-refractivity contribution in [1.82, 2.24) is 0 Å². The zero-order valence-corrected chi connectivity index (χ0v) is 11.8. The summed E-state index contributed by atoms with van der Waals surface area (Å²) in [6.45, 7) is 1.59. The highest BCUT2D eigenvalue weighted by Gasteiger charge is 2.32. The molecule has 2 rings (SSSR count). The highest BCUT2D eigenvalue weighted by Crippen LogP contribution is 2.42. The van der Waals surface area contributed by atoms with Crippen molar-refractivity contribution in [3.63, 3.8) is 0 Å². The normalized spacial score (nSPS) is 18.1. The Morgan fingerprint density at radius 3 is 2.50 bits per heavy atom. The maximum Gasteiger partial charge on any atom is 0.0716 e. The Kier molecular flexibility index (Phi) is 5.52. The second-order valence-corrected chi connectivity index (χ2v) is 5.75. The van der Waals surface area contributed by atoms with Crippen molar-refractivity contribution in [2.45, 2.75) is 45.1 Å². The number of ether oxygens (including phenoxy) is 1. The molecule has 0 aliphatic heterocycles. The van der Waals surface area contributed by atoms with Crippen LogP contribution in [-0.4, -0.2) is 12.5 Å². The first kappa shape index (κ1) is 13.9. The monoisotopic (exact) mass is 266 g/mol. The van der Waals surface area contributed by atoms with Crippen LogP contribution < -0.4 is 0 Å². The lowest BCUT2D eigenvalue weighted by atomic mass is 9.84. The van der Waals surface area contributed by atoms with E-state index in [1.807, 2.05) is 6.07 Å². The van der Waals surface area contributed by atoms with E-state index in [4.69, 9.17) is 16.3 Å². The molecule has 1 aromatic rings. The molecule has 2 heteroatoms. The standard InChI is InChI=1S/C16H23ClO/c17-14-16(9-4-5-10-16)11-6-12-18-13-15-7-2-1-3-8-15/h1-3,7-8H,4-6,9-14H2. The first-order valence-corrected chi connectivity index (χ1v) is 7.56. The minimum atomic E-state index is 0.428. The van der Waals surface area contributed by atoms with Crippen molar-refractivity contribution >= 4 is 11.6 Å². The molecule has 1 aliphatic rings. The predicted octanol–water partition coefficient (Wildman–Crippen LogP) is 4.78.